The summed E-state index contributed by atoms with van der Waals surface area (Å²) in [5.41, 5.74) is 3.51. The van der Waals surface area contributed by atoms with Crippen molar-refractivity contribution in [3.05, 3.63) is 41.2 Å². The maximum atomic E-state index is 6.07. The number of aryl methyl sites for hydroxylation is 1. The average molecular weight is 314 g/mol. The molecule has 1 aromatic carbocycles. The first-order chi connectivity index (χ1) is 11.3. The quantitative estimate of drug-likeness (QED) is 0.861. The van der Waals surface area contributed by atoms with Crippen LogP contribution in [0.1, 0.15) is 29.9 Å². The smallest absolute Gasteiger partial charge is 0.118 e. The third-order valence-corrected chi connectivity index (χ3v) is 4.83. The van der Waals surface area contributed by atoms with Crippen molar-refractivity contribution in [2.45, 2.75) is 38.6 Å². The van der Waals surface area contributed by atoms with Gasteiger partial charge in [-0.05, 0) is 24.1 Å². The van der Waals surface area contributed by atoms with Crippen LogP contribution in [0.3, 0.4) is 0 Å². The lowest BCUT2D eigenvalue weighted by molar-refractivity contribution is -0.00559. The Morgan fingerprint density at radius 2 is 2.09 bits per heavy atom. The van der Waals surface area contributed by atoms with Crippen molar-refractivity contribution in [1.82, 2.24) is 19.9 Å². The molecule has 4 rings (SSSR count). The Morgan fingerprint density at radius 1 is 1.26 bits per heavy atom. The number of benzene rings is 1. The first kappa shape index (κ1) is 14.7. The van der Waals surface area contributed by atoms with E-state index >= 15 is 0 Å². The molecular formula is C17H22N4O2. The highest BCUT2D eigenvalue weighted by Gasteiger charge is 2.40. The van der Waals surface area contributed by atoms with Crippen LogP contribution in [0.5, 0.6) is 5.75 Å². The van der Waals surface area contributed by atoms with E-state index in [0.29, 0.717) is 6.61 Å². The summed E-state index contributed by atoms with van der Waals surface area (Å²) in [5, 5.41) is 8.68. The van der Waals surface area contributed by atoms with Crippen LogP contribution in [0.4, 0.5) is 0 Å². The molecule has 0 bridgehead atoms. The van der Waals surface area contributed by atoms with Gasteiger partial charge >= 0.3 is 0 Å². The molecule has 2 aromatic rings. The third-order valence-electron chi connectivity index (χ3n) is 4.83. The van der Waals surface area contributed by atoms with Crippen LogP contribution in [0.15, 0.2) is 24.3 Å². The average Bonchev–Trinajstić information content (AvgIpc) is 3.18. The molecule has 1 saturated heterocycles. The minimum absolute atomic E-state index is 0.215. The van der Waals surface area contributed by atoms with E-state index in [2.05, 4.69) is 39.0 Å². The molecule has 3 heterocycles. The number of aromatic nitrogens is 3. The number of nitrogens with zero attached hydrogens (tertiary/aromatic N) is 4. The van der Waals surface area contributed by atoms with E-state index in [1.165, 1.54) is 5.56 Å². The number of likely N-dealkylation sites (tertiary alicyclic amines) is 1. The zero-order chi connectivity index (χ0) is 15.8. The van der Waals surface area contributed by atoms with Gasteiger partial charge in [0.05, 0.1) is 37.3 Å². The van der Waals surface area contributed by atoms with Crippen molar-refractivity contribution in [3.63, 3.8) is 0 Å². The van der Waals surface area contributed by atoms with Crippen molar-refractivity contribution >= 4 is 0 Å². The van der Waals surface area contributed by atoms with Gasteiger partial charge in [0.1, 0.15) is 5.75 Å². The van der Waals surface area contributed by atoms with E-state index in [4.69, 9.17) is 9.47 Å². The van der Waals surface area contributed by atoms with Gasteiger partial charge in [0, 0.05) is 19.6 Å². The number of ether oxygens (including phenoxy) is 2. The fourth-order valence-corrected chi connectivity index (χ4v) is 3.57. The Bertz CT molecular complexity index is 682. The van der Waals surface area contributed by atoms with Crippen LogP contribution < -0.4 is 4.74 Å². The summed E-state index contributed by atoms with van der Waals surface area (Å²) in [6, 6.07) is 8.55. The molecule has 0 saturated carbocycles. The van der Waals surface area contributed by atoms with Gasteiger partial charge in [-0.1, -0.05) is 24.3 Å². The summed E-state index contributed by atoms with van der Waals surface area (Å²) in [5.74, 6) is 0.895. The van der Waals surface area contributed by atoms with Crippen LogP contribution in [0, 0.1) is 0 Å². The van der Waals surface area contributed by atoms with Crippen molar-refractivity contribution < 1.29 is 9.47 Å². The zero-order valence-electron chi connectivity index (χ0n) is 13.6. The topological polar surface area (TPSA) is 52.4 Å². The fraction of sp³-hybridized carbons (Fsp3) is 0.529. The molecule has 1 aromatic heterocycles. The first-order valence-electron chi connectivity index (χ1n) is 8.18. The molecule has 1 fully saturated rings. The predicted molar refractivity (Wildman–Crippen MR) is 85.3 cm³/mol. The van der Waals surface area contributed by atoms with Crippen LogP contribution in [-0.4, -0.2) is 46.2 Å². The van der Waals surface area contributed by atoms with Crippen molar-refractivity contribution in [2.24, 2.45) is 0 Å². The van der Waals surface area contributed by atoms with E-state index < -0.39 is 0 Å². The molecule has 0 spiro atoms. The van der Waals surface area contributed by atoms with E-state index in [-0.39, 0.29) is 12.1 Å². The second-order valence-corrected chi connectivity index (χ2v) is 6.24. The Hall–Kier alpha value is -1.92. The monoisotopic (exact) mass is 314 g/mol. The molecular weight excluding hydrogens is 292 g/mol. The number of hydrogen-bond acceptors (Lipinski definition) is 5. The summed E-state index contributed by atoms with van der Waals surface area (Å²) < 4.78 is 13.4. The maximum absolute atomic E-state index is 6.07. The zero-order valence-corrected chi connectivity index (χ0v) is 13.6. The van der Waals surface area contributed by atoms with Gasteiger partial charge in [0.2, 0.25) is 0 Å². The molecule has 23 heavy (non-hydrogen) atoms. The summed E-state index contributed by atoms with van der Waals surface area (Å²) in [7, 11) is 1.69. The minimum Gasteiger partial charge on any atom is -0.497 e. The molecule has 0 aliphatic carbocycles. The van der Waals surface area contributed by atoms with Gasteiger partial charge in [-0.15, -0.1) is 5.10 Å². The second-order valence-electron chi connectivity index (χ2n) is 6.24. The van der Waals surface area contributed by atoms with E-state index in [1.54, 1.807) is 7.11 Å². The second kappa shape index (κ2) is 5.94. The Balaban J connectivity index is 1.48. The lowest BCUT2D eigenvalue weighted by atomic mass is 10.1. The molecule has 6 heteroatoms. The summed E-state index contributed by atoms with van der Waals surface area (Å²) in [6.45, 7) is 5.56. The van der Waals surface area contributed by atoms with Gasteiger partial charge in [-0.3, -0.25) is 4.90 Å². The SMILES string of the molecule is CCc1nnn2c1CO[C@@H]1CN(Cc3ccc(OC)cc3)CC12. The molecule has 0 N–H and O–H groups in total. The van der Waals surface area contributed by atoms with Crippen LogP contribution >= 0.6 is 0 Å². The third kappa shape index (κ3) is 2.62. The Kier molecular flexibility index (Phi) is 3.79. The largest absolute Gasteiger partial charge is 0.497 e. The summed E-state index contributed by atoms with van der Waals surface area (Å²) >= 11 is 0. The number of fused-ring (bicyclic) bond motifs is 3. The lowest BCUT2D eigenvalue weighted by Crippen LogP contribution is -2.32. The number of rotatable bonds is 4. The highest BCUT2D eigenvalue weighted by atomic mass is 16.5. The van der Waals surface area contributed by atoms with Gasteiger partial charge < -0.3 is 9.47 Å². The predicted octanol–water partition coefficient (Wildman–Crippen LogP) is 1.80. The van der Waals surface area contributed by atoms with Crippen molar-refractivity contribution in [3.8, 4) is 5.75 Å². The van der Waals surface area contributed by atoms with Gasteiger partial charge in [-0.2, -0.15) is 0 Å². The van der Waals surface area contributed by atoms with Crippen LogP contribution in [-0.2, 0) is 24.3 Å². The minimum atomic E-state index is 0.215. The van der Waals surface area contributed by atoms with Crippen molar-refractivity contribution in [2.75, 3.05) is 20.2 Å². The first-order valence-corrected chi connectivity index (χ1v) is 8.18. The molecule has 1 unspecified atom stereocenters. The van der Waals surface area contributed by atoms with Gasteiger partial charge in [0.15, 0.2) is 0 Å². The number of methoxy groups -OCH3 is 1. The standard InChI is InChI=1S/C17H22N4O2/c1-3-14-16-11-23-17-10-20(9-15(17)21(16)19-18-14)8-12-4-6-13(22-2)7-5-12/h4-7,15,17H,3,8-11H2,1-2H3/t15?,17-/m1/s1. The molecule has 2 atom stereocenters. The molecule has 0 radical (unpaired) electrons. The van der Waals surface area contributed by atoms with Crippen LogP contribution in [0.2, 0.25) is 0 Å². The maximum Gasteiger partial charge on any atom is 0.118 e. The van der Waals surface area contributed by atoms with E-state index in [1.807, 2.05) is 12.1 Å². The molecule has 2 aliphatic rings. The Labute approximate surface area is 136 Å². The van der Waals surface area contributed by atoms with Gasteiger partial charge in [-0.25, -0.2) is 4.68 Å². The lowest BCUT2D eigenvalue weighted by Gasteiger charge is -2.26. The molecule has 2 aliphatic heterocycles. The fourth-order valence-electron chi connectivity index (χ4n) is 3.57. The van der Waals surface area contributed by atoms with E-state index in [0.717, 1.165) is 43.2 Å². The highest BCUT2D eigenvalue weighted by Crippen LogP contribution is 2.32. The van der Waals surface area contributed by atoms with E-state index in [9.17, 15) is 0 Å². The normalized spacial score (nSPS) is 23.6. The van der Waals surface area contributed by atoms with Gasteiger partial charge in [0.25, 0.3) is 0 Å². The Morgan fingerprint density at radius 3 is 2.83 bits per heavy atom. The summed E-state index contributed by atoms with van der Waals surface area (Å²) in [4.78, 5) is 2.43. The van der Waals surface area contributed by atoms with Crippen LogP contribution in [0.25, 0.3) is 0 Å². The molecule has 6 nitrogen and oxygen atoms in total. The highest BCUT2D eigenvalue weighted by molar-refractivity contribution is 5.27. The van der Waals surface area contributed by atoms with Crippen molar-refractivity contribution in [1.29, 1.82) is 0 Å². The summed E-state index contributed by atoms with van der Waals surface area (Å²) in [6.07, 6.45) is 1.12. The molecule has 122 valence electrons. The molecule has 0 amide bonds. The number of hydrogen-bond donors (Lipinski definition) is 0.